The molecular weight excluding hydrogens is 467 g/mol. The molecule has 0 amide bonds. The second kappa shape index (κ2) is 8.15. The van der Waals surface area contributed by atoms with E-state index in [-0.39, 0.29) is 11.3 Å². The first-order valence-corrected chi connectivity index (χ1v) is 12.4. The third-order valence-corrected chi connectivity index (χ3v) is 7.45. The SMILES string of the molecule is Cc1nc(S)cc(C(O)(c2cc(-c3c(C)noc3C)cc3[nH]c(C4CC4)nc23)C2CCCO2)c1F. The van der Waals surface area contributed by atoms with Crippen molar-refractivity contribution in [1.82, 2.24) is 20.1 Å². The lowest BCUT2D eigenvalue weighted by atomic mass is 9.78. The van der Waals surface area contributed by atoms with Gasteiger partial charge in [0.1, 0.15) is 17.2 Å². The lowest BCUT2D eigenvalue weighted by Gasteiger charge is -2.35. The van der Waals surface area contributed by atoms with Gasteiger partial charge in [-0.1, -0.05) is 5.16 Å². The molecule has 2 atom stereocenters. The minimum Gasteiger partial charge on any atom is -0.377 e. The molecule has 2 unspecified atom stereocenters. The Bertz CT molecular complexity index is 1440. The average molecular weight is 495 g/mol. The number of rotatable bonds is 5. The normalized spacial score (nSPS) is 20.0. The number of fused-ring (bicyclic) bond motifs is 1. The van der Waals surface area contributed by atoms with Crippen LogP contribution in [0.1, 0.15) is 65.7 Å². The number of aryl methyl sites for hydroxylation is 3. The molecular formula is C26H27FN4O3S. The van der Waals surface area contributed by atoms with E-state index in [0.717, 1.165) is 47.4 Å². The lowest BCUT2D eigenvalue weighted by molar-refractivity contribution is -0.0633. The van der Waals surface area contributed by atoms with Crippen molar-refractivity contribution in [2.45, 2.75) is 69.1 Å². The van der Waals surface area contributed by atoms with E-state index >= 15 is 4.39 Å². The van der Waals surface area contributed by atoms with Gasteiger partial charge in [0.15, 0.2) is 5.82 Å². The van der Waals surface area contributed by atoms with E-state index in [4.69, 9.17) is 14.2 Å². The van der Waals surface area contributed by atoms with Gasteiger partial charge in [0.05, 0.1) is 33.6 Å². The Labute approximate surface area is 207 Å². The molecule has 7 nitrogen and oxygen atoms in total. The summed E-state index contributed by atoms with van der Waals surface area (Å²) in [4.78, 5) is 12.5. The number of imidazole rings is 1. The van der Waals surface area contributed by atoms with Crippen LogP contribution in [-0.2, 0) is 10.3 Å². The molecule has 0 radical (unpaired) electrons. The number of nitrogens with zero attached hydrogens (tertiary/aromatic N) is 3. The number of H-pyrrole nitrogens is 1. The van der Waals surface area contributed by atoms with Gasteiger partial charge in [0.25, 0.3) is 0 Å². The van der Waals surface area contributed by atoms with Crippen molar-refractivity contribution in [3.8, 4) is 11.1 Å². The molecule has 0 spiro atoms. The van der Waals surface area contributed by atoms with Crippen molar-refractivity contribution < 1.29 is 18.8 Å². The van der Waals surface area contributed by atoms with Crippen molar-refractivity contribution in [2.75, 3.05) is 6.61 Å². The Kier molecular flexibility index (Phi) is 5.28. The molecule has 3 aromatic heterocycles. The van der Waals surface area contributed by atoms with Crippen molar-refractivity contribution in [3.05, 3.63) is 58.1 Å². The molecule has 1 aliphatic heterocycles. The number of benzene rings is 1. The number of halogens is 1. The van der Waals surface area contributed by atoms with E-state index in [1.165, 1.54) is 6.07 Å². The summed E-state index contributed by atoms with van der Waals surface area (Å²) < 4.78 is 27.2. The summed E-state index contributed by atoms with van der Waals surface area (Å²) in [5.74, 6) is 1.35. The minimum atomic E-state index is -1.81. The predicted octanol–water partition coefficient (Wildman–Crippen LogP) is 5.26. The van der Waals surface area contributed by atoms with E-state index in [0.29, 0.717) is 40.8 Å². The van der Waals surface area contributed by atoms with E-state index < -0.39 is 17.5 Å². The third-order valence-electron chi connectivity index (χ3n) is 7.22. The number of aromatic nitrogens is 4. The molecule has 0 bridgehead atoms. The smallest absolute Gasteiger partial charge is 0.151 e. The number of hydrogen-bond donors (Lipinski definition) is 3. The van der Waals surface area contributed by atoms with E-state index in [1.807, 2.05) is 26.0 Å². The van der Waals surface area contributed by atoms with Crippen LogP contribution in [-0.4, -0.2) is 37.9 Å². The molecule has 182 valence electrons. The number of pyridine rings is 1. The first kappa shape index (κ1) is 22.7. The van der Waals surface area contributed by atoms with Crippen LogP contribution in [0.15, 0.2) is 27.7 Å². The van der Waals surface area contributed by atoms with Gasteiger partial charge < -0.3 is 19.4 Å². The first-order valence-electron chi connectivity index (χ1n) is 11.9. The third kappa shape index (κ3) is 3.59. The van der Waals surface area contributed by atoms with Crippen molar-refractivity contribution in [2.24, 2.45) is 0 Å². The standard InChI is InChI=1S/C26H27FN4O3S/c1-12-22(14(3)34-31-12)16-9-18(24-19(10-16)29-25(30-24)15-6-7-15)26(32,20-5-4-8-33-20)17-11-21(35)28-13(2)23(17)27/h9-11,15,20,32H,4-8H2,1-3H3,(H,28,35)(H,29,30). The summed E-state index contributed by atoms with van der Waals surface area (Å²) in [5, 5.41) is 17.0. The number of hydrogen-bond acceptors (Lipinski definition) is 7. The first-order chi connectivity index (χ1) is 16.8. The van der Waals surface area contributed by atoms with Gasteiger partial charge in [-0.15, -0.1) is 12.6 Å². The summed E-state index contributed by atoms with van der Waals surface area (Å²) in [6.07, 6.45) is 2.84. The van der Waals surface area contributed by atoms with Gasteiger partial charge in [-0.05, 0) is 70.2 Å². The molecule has 1 saturated carbocycles. The maximum atomic E-state index is 15.7. The van der Waals surface area contributed by atoms with Crippen LogP contribution in [0.2, 0.25) is 0 Å². The fourth-order valence-corrected chi connectivity index (χ4v) is 5.61. The van der Waals surface area contributed by atoms with Gasteiger partial charge >= 0.3 is 0 Å². The second-order valence-electron chi connectivity index (χ2n) is 9.71. The molecule has 2 N–H and O–H groups in total. The van der Waals surface area contributed by atoms with Crippen LogP contribution in [0, 0.1) is 26.6 Å². The van der Waals surface area contributed by atoms with Gasteiger partial charge in [0, 0.05) is 29.2 Å². The van der Waals surface area contributed by atoms with Crippen LogP contribution in [0.4, 0.5) is 4.39 Å². The molecule has 1 saturated heterocycles. The number of aromatic amines is 1. The summed E-state index contributed by atoms with van der Waals surface area (Å²) in [6, 6.07) is 5.37. The number of thiol groups is 1. The molecule has 4 aromatic rings. The Morgan fingerprint density at radius 2 is 1.89 bits per heavy atom. The van der Waals surface area contributed by atoms with Gasteiger partial charge in [-0.25, -0.2) is 14.4 Å². The second-order valence-corrected chi connectivity index (χ2v) is 10.2. The zero-order valence-corrected chi connectivity index (χ0v) is 20.7. The zero-order chi connectivity index (χ0) is 24.5. The summed E-state index contributed by atoms with van der Waals surface area (Å²) in [6.45, 7) is 5.80. The molecule has 1 aromatic carbocycles. The lowest BCUT2D eigenvalue weighted by Crippen LogP contribution is -2.41. The van der Waals surface area contributed by atoms with E-state index in [9.17, 15) is 5.11 Å². The Hall–Kier alpha value is -2.75. The molecule has 1 aliphatic carbocycles. The quantitative estimate of drug-likeness (QED) is 0.328. The van der Waals surface area contributed by atoms with E-state index in [1.54, 1.807) is 6.92 Å². The fourth-order valence-electron chi connectivity index (χ4n) is 5.33. The number of ether oxygens (including phenoxy) is 1. The Morgan fingerprint density at radius 1 is 1.09 bits per heavy atom. The molecule has 9 heteroatoms. The molecule has 2 fully saturated rings. The Balaban J connectivity index is 1.69. The van der Waals surface area contributed by atoms with Crippen LogP contribution >= 0.6 is 12.6 Å². The minimum absolute atomic E-state index is 0.0927. The maximum Gasteiger partial charge on any atom is 0.151 e. The van der Waals surface area contributed by atoms with Gasteiger partial charge in [-0.3, -0.25) is 0 Å². The number of aliphatic hydroxyl groups is 1. The predicted molar refractivity (Wildman–Crippen MR) is 131 cm³/mol. The highest BCUT2D eigenvalue weighted by atomic mass is 32.1. The highest BCUT2D eigenvalue weighted by Crippen LogP contribution is 2.46. The van der Waals surface area contributed by atoms with Crippen LogP contribution in [0.5, 0.6) is 0 Å². The van der Waals surface area contributed by atoms with Crippen molar-refractivity contribution >= 4 is 23.7 Å². The van der Waals surface area contributed by atoms with Gasteiger partial charge in [0.2, 0.25) is 0 Å². The topological polar surface area (TPSA) is 97.1 Å². The summed E-state index contributed by atoms with van der Waals surface area (Å²) in [7, 11) is 0. The molecule has 6 rings (SSSR count). The molecule has 35 heavy (non-hydrogen) atoms. The van der Waals surface area contributed by atoms with Crippen LogP contribution < -0.4 is 0 Å². The van der Waals surface area contributed by atoms with Crippen LogP contribution in [0.25, 0.3) is 22.2 Å². The van der Waals surface area contributed by atoms with Crippen molar-refractivity contribution in [1.29, 1.82) is 0 Å². The van der Waals surface area contributed by atoms with Gasteiger partial charge in [-0.2, -0.15) is 0 Å². The maximum absolute atomic E-state index is 15.7. The average Bonchev–Trinajstić information content (AvgIpc) is 3.20. The van der Waals surface area contributed by atoms with E-state index in [2.05, 4.69) is 27.8 Å². The van der Waals surface area contributed by atoms with Crippen LogP contribution in [0.3, 0.4) is 0 Å². The Morgan fingerprint density at radius 3 is 2.54 bits per heavy atom. The van der Waals surface area contributed by atoms with Crippen molar-refractivity contribution in [3.63, 3.8) is 0 Å². The largest absolute Gasteiger partial charge is 0.377 e. The number of nitrogens with one attached hydrogen (secondary N) is 1. The molecule has 4 heterocycles. The fraction of sp³-hybridized carbons (Fsp3) is 0.423. The highest BCUT2D eigenvalue weighted by Gasteiger charge is 2.47. The monoisotopic (exact) mass is 494 g/mol. The summed E-state index contributed by atoms with van der Waals surface area (Å²) in [5.41, 5.74) is 2.70. The highest BCUT2D eigenvalue weighted by molar-refractivity contribution is 7.80. The molecule has 2 aliphatic rings. The summed E-state index contributed by atoms with van der Waals surface area (Å²) >= 11 is 4.39. The zero-order valence-electron chi connectivity index (χ0n) is 19.9.